The van der Waals surface area contributed by atoms with Crippen molar-refractivity contribution in [1.82, 2.24) is 5.32 Å². The maximum atomic E-state index is 13.0. The number of unbranched alkanes of at least 4 members (excludes halogenated alkanes) is 21. The summed E-state index contributed by atoms with van der Waals surface area (Å²) in [5.41, 5.74) is 0. The summed E-state index contributed by atoms with van der Waals surface area (Å²) in [5.74, 6) is -0.170. The van der Waals surface area contributed by atoms with Gasteiger partial charge in [-0.25, -0.2) is 0 Å². The van der Waals surface area contributed by atoms with E-state index in [2.05, 4.69) is 92.1 Å². The molecule has 64 heavy (non-hydrogen) atoms. The van der Waals surface area contributed by atoms with Crippen LogP contribution in [0.1, 0.15) is 213 Å². The third kappa shape index (κ3) is 34.0. The van der Waals surface area contributed by atoms with Gasteiger partial charge in [-0.15, -0.1) is 0 Å². The Morgan fingerprint density at radius 3 is 1.44 bits per heavy atom. The normalized spacial score (nSPS) is 20.6. The van der Waals surface area contributed by atoms with Gasteiger partial charge in [0.25, 0.3) is 0 Å². The molecule has 7 atom stereocenters. The molecule has 1 saturated heterocycles. The highest BCUT2D eigenvalue weighted by molar-refractivity contribution is 5.76. The second kappa shape index (κ2) is 44.5. The SMILES string of the molecule is CC/C=C\C/C=C\C/C=C\C/C=C\C/C=C\C/C=C\CCCCCCC(=O)NC(COC1OC(CO)C(O)C(O)C1O)C(O)CCCCCCCCCCCCCCCCCCCC. The van der Waals surface area contributed by atoms with Crippen LogP contribution in [0.5, 0.6) is 0 Å². The fourth-order valence-electron chi connectivity index (χ4n) is 7.93. The number of carbonyl (C=O) groups is 1. The molecule has 0 spiro atoms. The first-order valence-electron chi connectivity index (χ1n) is 26.1. The lowest BCUT2D eigenvalue weighted by atomic mass is 9.99. The van der Waals surface area contributed by atoms with Crippen LogP contribution in [0.15, 0.2) is 72.9 Å². The fourth-order valence-corrected chi connectivity index (χ4v) is 7.93. The summed E-state index contributed by atoms with van der Waals surface area (Å²) in [7, 11) is 0. The lowest BCUT2D eigenvalue weighted by Gasteiger charge is -2.40. The van der Waals surface area contributed by atoms with Crippen molar-refractivity contribution in [2.24, 2.45) is 0 Å². The molecule has 0 aromatic carbocycles. The number of carbonyl (C=O) groups excluding carboxylic acids is 1. The number of hydrogen-bond donors (Lipinski definition) is 6. The summed E-state index contributed by atoms with van der Waals surface area (Å²) in [6.45, 7) is 3.71. The number of aliphatic hydroxyl groups excluding tert-OH is 5. The van der Waals surface area contributed by atoms with Crippen LogP contribution in [0.25, 0.3) is 0 Å². The Kier molecular flexibility index (Phi) is 41.4. The van der Waals surface area contributed by atoms with E-state index in [9.17, 15) is 30.3 Å². The molecule has 0 aromatic rings. The number of nitrogens with one attached hydrogen (secondary N) is 1. The molecular formula is C55H97NO8. The predicted octanol–water partition coefficient (Wildman–Crippen LogP) is 12.1. The van der Waals surface area contributed by atoms with Gasteiger partial charge in [0.2, 0.25) is 5.91 Å². The molecule has 1 aliphatic heterocycles. The Morgan fingerprint density at radius 1 is 0.547 bits per heavy atom. The minimum atomic E-state index is -1.56. The number of allylic oxidation sites excluding steroid dienone is 12. The third-order valence-electron chi connectivity index (χ3n) is 12.1. The van der Waals surface area contributed by atoms with E-state index in [1.54, 1.807) is 0 Å². The monoisotopic (exact) mass is 900 g/mol. The van der Waals surface area contributed by atoms with Gasteiger partial charge in [-0.05, 0) is 64.2 Å². The van der Waals surface area contributed by atoms with Gasteiger partial charge in [-0.3, -0.25) is 4.79 Å². The van der Waals surface area contributed by atoms with Crippen molar-refractivity contribution in [1.29, 1.82) is 0 Å². The summed E-state index contributed by atoms with van der Waals surface area (Å²) in [6.07, 6.45) is 53.3. The van der Waals surface area contributed by atoms with Gasteiger partial charge in [0, 0.05) is 6.42 Å². The minimum absolute atomic E-state index is 0.152. The molecule has 0 saturated carbocycles. The zero-order chi connectivity index (χ0) is 46.6. The van der Waals surface area contributed by atoms with E-state index in [1.165, 1.54) is 96.3 Å². The predicted molar refractivity (Wildman–Crippen MR) is 267 cm³/mol. The first kappa shape index (κ1) is 59.6. The van der Waals surface area contributed by atoms with Gasteiger partial charge in [0.15, 0.2) is 6.29 Å². The molecule has 370 valence electrons. The Hall–Kier alpha value is -2.37. The van der Waals surface area contributed by atoms with Gasteiger partial charge in [0.1, 0.15) is 24.4 Å². The highest BCUT2D eigenvalue weighted by atomic mass is 16.7. The van der Waals surface area contributed by atoms with Crippen LogP contribution in [0.2, 0.25) is 0 Å². The first-order valence-corrected chi connectivity index (χ1v) is 26.1. The van der Waals surface area contributed by atoms with E-state index in [0.717, 1.165) is 89.9 Å². The van der Waals surface area contributed by atoms with Crippen LogP contribution in [-0.4, -0.2) is 87.5 Å². The molecule has 6 N–H and O–H groups in total. The summed E-state index contributed by atoms with van der Waals surface area (Å²) in [5, 5.41) is 54.5. The summed E-state index contributed by atoms with van der Waals surface area (Å²) >= 11 is 0. The van der Waals surface area contributed by atoms with Gasteiger partial charge in [-0.1, -0.05) is 215 Å². The second-order valence-electron chi connectivity index (χ2n) is 17.9. The Balaban J connectivity index is 2.30. The summed E-state index contributed by atoms with van der Waals surface area (Å²) < 4.78 is 11.3. The van der Waals surface area contributed by atoms with Crippen LogP contribution in [0, 0.1) is 0 Å². The Labute approximate surface area is 391 Å². The van der Waals surface area contributed by atoms with Gasteiger partial charge in [0.05, 0.1) is 25.4 Å². The average molecular weight is 900 g/mol. The molecule has 0 bridgehead atoms. The van der Waals surface area contributed by atoms with E-state index >= 15 is 0 Å². The van der Waals surface area contributed by atoms with E-state index in [-0.39, 0.29) is 12.5 Å². The van der Waals surface area contributed by atoms with Crippen molar-refractivity contribution in [2.45, 2.75) is 256 Å². The molecule has 1 fully saturated rings. The molecule has 9 nitrogen and oxygen atoms in total. The molecule has 0 radical (unpaired) electrons. The van der Waals surface area contributed by atoms with Gasteiger partial charge < -0.3 is 40.3 Å². The fraction of sp³-hybridized carbons (Fsp3) is 0.764. The molecular weight excluding hydrogens is 803 g/mol. The third-order valence-corrected chi connectivity index (χ3v) is 12.1. The summed E-state index contributed by atoms with van der Waals surface area (Å²) in [6, 6.07) is -0.737. The lowest BCUT2D eigenvalue weighted by molar-refractivity contribution is -0.302. The molecule has 1 aliphatic rings. The molecule has 1 amide bonds. The van der Waals surface area contributed by atoms with Crippen molar-refractivity contribution in [2.75, 3.05) is 13.2 Å². The molecule has 0 aromatic heterocycles. The molecule has 7 unspecified atom stereocenters. The smallest absolute Gasteiger partial charge is 0.220 e. The van der Waals surface area contributed by atoms with Crippen molar-refractivity contribution in [3.63, 3.8) is 0 Å². The Morgan fingerprint density at radius 2 is 0.969 bits per heavy atom. The number of rotatable bonds is 43. The van der Waals surface area contributed by atoms with Crippen LogP contribution < -0.4 is 5.32 Å². The average Bonchev–Trinajstić information content (AvgIpc) is 3.29. The van der Waals surface area contributed by atoms with Crippen molar-refractivity contribution >= 4 is 5.91 Å². The maximum Gasteiger partial charge on any atom is 0.220 e. The van der Waals surface area contributed by atoms with Crippen molar-refractivity contribution < 1.29 is 39.8 Å². The number of aliphatic hydroxyl groups is 5. The minimum Gasteiger partial charge on any atom is -0.394 e. The van der Waals surface area contributed by atoms with E-state index in [0.29, 0.717) is 12.8 Å². The van der Waals surface area contributed by atoms with Crippen LogP contribution in [-0.2, 0) is 14.3 Å². The largest absolute Gasteiger partial charge is 0.394 e. The number of ether oxygens (including phenoxy) is 2. The first-order chi connectivity index (χ1) is 31.3. The highest BCUT2D eigenvalue weighted by Crippen LogP contribution is 2.23. The van der Waals surface area contributed by atoms with Gasteiger partial charge in [-0.2, -0.15) is 0 Å². The topological polar surface area (TPSA) is 149 Å². The van der Waals surface area contributed by atoms with Crippen molar-refractivity contribution in [3.8, 4) is 0 Å². The molecule has 9 heteroatoms. The summed E-state index contributed by atoms with van der Waals surface area (Å²) in [4.78, 5) is 13.0. The zero-order valence-corrected chi connectivity index (χ0v) is 40.8. The number of hydrogen-bond acceptors (Lipinski definition) is 8. The highest BCUT2D eigenvalue weighted by Gasteiger charge is 2.44. The van der Waals surface area contributed by atoms with Crippen LogP contribution >= 0.6 is 0 Å². The van der Waals surface area contributed by atoms with Gasteiger partial charge >= 0.3 is 0 Å². The Bertz CT molecular complexity index is 1230. The molecule has 1 heterocycles. The zero-order valence-electron chi connectivity index (χ0n) is 40.8. The maximum absolute atomic E-state index is 13.0. The van der Waals surface area contributed by atoms with Crippen molar-refractivity contribution in [3.05, 3.63) is 72.9 Å². The van der Waals surface area contributed by atoms with Crippen LogP contribution in [0.4, 0.5) is 0 Å². The van der Waals surface area contributed by atoms with Crippen LogP contribution in [0.3, 0.4) is 0 Å². The number of amides is 1. The van der Waals surface area contributed by atoms with E-state index in [1.807, 2.05) is 0 Å². The molecule has 0 aliphatic carbocycles. The lowest BCUT2D eigenvalue weighted by Crippen LogP contribution is -2.60. The quantitative estimate of drug-likeness (QED) is 0.0262. The second-order valence-corrected chi connectivity index (χ2v) is 17.9. The van der Waals surface area contributed by atoms with E-state index < -0.39 is 49.5 Å². The van der Waals surface area contributed by atoms with E-state index in [4.69, 9.17) is 9.47 Å². The standard InChI is InChI=1S/C55H97NO8/c1-3-5-7-9-11-13-15-17-19-21-23-24-25-26-27-29-31-33-35-37-39-41-43-45-51(59)56-48(47-63-55-54(62)53(61)52(60)50(46-57)64-55)49(58)44-42-40-38-36-34-32-30-28-22-20-18-16-14-12-10-8-6-4-2/h5,7,11,13,17,19,23-24,26-27,31,33,48-50,52-55,57-58,60-62H,3-4,6,8-10,12,14-16,18,20-22,25,28-30,32,34-47H2,1-2H3,(H,56,59)/b7-5-,13-11-,19-17-,24-23-,27-26-,33-31-. The molecule has 1 rings (SSSR count).